The molecule has 3 rings (SSSR count). The average Bonchev–Trinajstić information content (AvgIpc) is 3.13. The van der Waals surface area contributed by atoms with E-state index in [1.165, 1.54) is 17.0 Å². The van der Waals surface area contributed by atoms with E-state index in [9.17, 15) is 22.4 Å². The van der Waals surface area contributed by atoms with Gasteiger partial charge in [0.15, 0.2) is 11.6 Å². The number of hydrogen-bond acceptors (Lipinski definition) is 4. The lowest BCUT2D eigenvalue weighted by atomic mass is 10.1. The van der Waals surface area contributed by atoms with Gasteiger partial charge in [0, 0.05) is 13.1 Å². The van der Waals surface area contributed by atoms with E-state index in [0.717, 1.165) is 24.3 Å². The minimum absolute atomic E-state index is 0.00253. The van der Waals surface area contributed by atoms with Crippen LogP contribution in [0.15, 0.2) is 48.8 Å². The van der Waals surface area contributed by atoms with Crippen LogP contribution in [-0.4, -0.2) is 32.1 Å². The molecule has 2 aromatic rings. The van der Waals surface area contributed by atoms with Crippen molar-refractivity contribution in [3.63, 3.8) is 0 Å². The number of alkyl halides is 3. The van der Waals surface area contributed by atoms with Crippen LogP contribution in [0, 0.1) is 0 Å². The van der Waals surface area contributed by atoms with E-state index >= 15 is 0 Å². The number of nitrogens with two attached hydrogens (primary N) is 1. The Morgan fingerprint density at radius 3 is 2.63 bits per heavy atom. The number of fused-ring (bicyclic) bond motifs is 1. The zero-order chi connectivity index (χ0) is 22.1. The molecular weight excluding hydrogens is 426 g/mol. The molecule has 1 amide bonds. The number of carbonyl (C=O) groups excluding carboxylic acids is 1. The molecule has 0 aliphatic carbocycles. The summed E-state index contributed by atoms with van der Waals surface area (Å²) in [4.78, 5) is 14.1. The maximum atomic E-state index is 13.2. The predicted octanol–water partition coefficient (Wildman–Crippen LogP) is 3.95. The van der Waals surface area contributed by atoms with Gasteiger partial charge in [0.05, 0.1) is 28.4 Å². The first-order valence-corrected chi connectivity index (χ1v) is 9.04. The molecule has 2 heterocycles. The van der Waals surface area contributed by atoms with E-state index in [-0.39, 0.29) is 30.9 Å². The van der Waals surface area contributed by atoms with Crippen LogP contribution >= 0.6 is 11.6 Å². The maximum absolute atomic E-state index is 13.2. The number of hydrogen-bond donors (Lipinski definition) is 1. The van der Waals surface area contributed by atoms with Crippen molar-refractivity contribution in [2.24, 2.45) is 5.73 Å². The third-order valence-electron chi connectivity index (χ3n) is 4.45. The molecule has 0 atom stereocenters. The summed E-state index contributed by atoms with van der Waals surface area (Å²) in [5.74, 6) is -0.549. The Hall–Kier alpha value is -3.14. The third-order valence-corrected chi connectivity index (χ3v) is 4.86. The Labute approximate surface area is 173 Å². The highest BCUT2D eigenvalue weighted by atomic mass is 35.5. The minimum atomic E-state index is -4.67. The van der Waals surface area contributed by atoms with Gasteiger partial charge >= 0.3 is 6.18 Å². The number of halogens is 5. The van der Waals surface area contributed by atoms with Crippen molar-refractivity contribution in [1.82, 2.24) is 19.7 Å². The molecule has 0 fully saturated rings. The molecule has 0 saturated heterocycles. The number of nitrogens with zero attached hydrogens (tertiary/aromatic N) is 4. The van der Waals surface area contributed by atoms with Crippen molar-refractivity contribution in [3.8, 4) is 0 Å². The topological polar surface area (TPSA) is 77.0 Å². The maximum Gasteiger partial charge on any atom is 0.417 e. The molecule has 1 aromatic heterocycles. The molecule has 0 bridgehead atoms. The van der Waals surface area contributed by atoms with E-state index in [2.05, 4.69) is 16.8 Å². The number of rotatable bonds is 4. The van der Waals surface area contributed by atoms with Crippen LogP contribution in [-0.2, 0) is 19.3 Å². The van der Waals surface area contributed by atoms with Gasteiger partial charge in [-0.3, -0.25) is 4.79 Å². The zero-order valence-electron chi connectivity index (χ0n) is 15.5. The fraction of sp³-hybridized carbons (Fsp3) is 0.211. The fourth-order valence-corrected chi connectivity index (χ4v) is 3.26. The molecule has 2 N–H and O–H groups in total. The van der Waals surface area contributed by atoms with Gasteiger partial charge in [-0.25, -0.2) is 4.39 Å². The first-order valence-electron chi connectivity index (χ1n) is 8.66. The largest absolute Gasteiger partial charge is 0.417 e. The van der Waals surface area contributed by atoms with E-state index < -0.39 is 28.5 Å². The number of allylic oxidation sites excluding steroid dienone is 4. The Kier molecular flexibility index (Phi) is 5.97. The summed E-state index contributed by atoms with van der Waals surface area (Å²) in [7, 11) is 0. The van der Waals surface area contributed by atoms with Crippen molar-refractivity contribution >= 4 is 23.2 Å². The molecule has 30 heavy (non-hydrogen) atoms. The summed E-state index contributed by atoms with van der Waals surface area (Å²) < 4.78 is 54.0. The monoisotopic (exact) mass is 441 g/mol. The Balaban J connectivity index is 1.84. The fourth-order valence-electron chi connectivity index (χ4n) is 2.94. The van der Waals surface area contributed by atoms with Gasteiger partial charge in [0.25, 0.3) is 5.91 Å². The van der Waals surface area contributed by atoms with Crippen molar-refractivity contribution in [1.29, 1.82) is 0 Å². The Morgan fingerprint density at radius 2 is 1.97 bits per heavy atom. The zero-order valence-corrected chi connectivity index (χ0v) is 16.2. The van der Waals surface area contributed by atoms with Crippen molar-refractivity contribution in [2.45, 2.75) is 19.3 Å². The molecule has 1 aliphatic rings. The molecule has 0 radical (unpaired) electrons. The van der Waals surface area contributed by atoms with E-state index in [1.54, 1.807) is 4.57 Å². The van der Waals surface area contributed by atoms with Crippen LogP contribution in [0.4, 0.5) is 17.6 Å². The summed E-state index contributed by atoms with van der Waals surface area (Å²) in [6.45, 7) is 3.72. The lowest BCUT2D eigenvalue weighted by Gasteiger charge is -2.28. The average molecular weight is 442 g/mol. The standard InChI is InChI=1S/C19H16ClF4N5O/c1-2-11(21)6-7-14(25)17-27-26-15-10-28(8-9-29(15)17)18(30)12-4-3-5-13(16(12)20)19(22,23)24/h2-7H,1,8-10,25H2/b11-6+,14-7-. The van der Waals surface area contributed by atoms with Gasteiger partial charge in [0.2, 0.25) is 0 Å². The normalized spacial score (nSPS) is 15.2. The van der Waals surface area contributed by atoms with Gasteiger partial charge < -0.3 is 15.2 Å². The number of carbonyl (C=O) groups is 1. The Morgan fingerprint density at radius 1 is 1.23 bits per heavy atom. The lowest BCUT2D eigenvalue weighted by molar-refractivity contribution is -0.137. The number of amides is 1. The second kappa shape index (κ2) is 8.31. The molecule has 1 aliphatic heterocycles. The molecule has 0 saturated carbocycles. The lowest BCUT2D eigenvalue weighted by Crippen LogP contribution is -2.39. The minimum Gasteiger partial charge on any atom is -0.396 e. The van der Waals surface area contributed by atoms with E-state index in [4.69, 9.17) is 17.3 Å². The van der Waals surface area contributed by atoms with Gasteiger partial charge in [-0.2, -0.15) is 13.2 Å². The van der Waals surface area contributed by atoms with Crippen molar-refractivity contribution in [3.05, 3.63) is 76.6 Å². The summed E-state index contributed by atoms with van der Waals surface area (Å²) in [6.07, 6.45) is -1.22. The molecule has 1 aromatic carbocycles. The van der Waals surface area contributed by atoms with Gasteiger partial charge in [0.1, 0.15) is 5.83 Å². The molecule has 158 valence electrons. The summed E-state index contributed by atoms with van der Waals surface area (Å²) in [5.41, 5.74) is 4.76. The molecule has 11 heteroatoms. The first-order chi connectivity index (χ1) is 14.1. The summed E-state index contributed by atoms with van der Waals surface area (Å²) in [6, 6.07) is 3.19. The molecule has 6 nitrogen and oxygen atoms in total. The van der Waals surface area contributed by atoms with Crippen molar-refractivity contribution in [2.75, 3.05) is 6.54 Å². The predicted molar refractivity (Wildman–Crippen MR) is 103 cm³/mol. The summed E-state index contributed by atoms with van der Waals surface area (Å²) >= 11 is 5.86. The van der Waals surface area contributed by atoms with E-state index in [1.807, 2.05) is 0 Å². The highest BCUT2D eigenvalue weighted by Crippen LogP contribution is 2.36. The van der Waals surface area contributed by atoms with Crippen LogP contribution in [0.3, 0.4) is 0 Å². The van der Waals surface area contributed by atoms with Crippen LogP contribution in [0.2, 0.25) is 5.02 Å². The van der Waals surface area contributed by atoms with Crippen LogP contribution in [0.5, 0.6) is 0 Å². The second-order valence-corrected chi connectivity index (χ2v) is 6.74. The number of aromatic nitrogens is 3. The number of benzene rings is 1. The first kappa shape index (κ1) is 21.6. The van der Waals surface area contributed by atoms with Crippen LogP contribution < -0.4 is 5.73 Å². The summed E-state index contributed by atoms with van der Waals surface area (Å²) in [5, 5.41) is 7.30. The van der Waals surface area contributed by atoms with Gasteiger partial charge in [-0.1, -0.05) is 24.2 Å². The highest BCUT2D eigenvalue weighted by molar-refractivity contribution is 6.34. The quantitative estimate of drug-likeness (QED) is 0.576. The van der Waals surface area contributed by atoms with Gasteiger partial charge in [-0.15, -0.1) is 10.2 Å². The van der Waals surface area contributed by atoms with Crippen LogP contribution in [0.25, 0.3) is 5.70 Å². The third kappa shape index (κ3) is 4.23. The molecule has 0 unspecified atom stereocenters. The van der Waals surface area contributed by atoms with Crippen LogP contribution in [0.1, 0.15) is 27.6 Å². The van der Waals surface area contributed by atoms with E-state index in [0.29, 0.717) is 11.6 Å². The smallest absolute Gasteiger partial charge is 0.396 e. The van der Waals surface area contributed by atoms with Crippen molar-refractivity contribution < 1.29 is 22.4 Å². The second-order valence-electron chi connectivity index (χ2n) is 6.36. The SMILES string of the molecule is C=C/C(F)=C\C=C(/N)c1nnc2n1CCN(C(=O)c1cccc(C(F)(F)F)c1Cl)C2. The molecular formula is C19H16ClF4N5O. The highest BCUT2D eigenvalue weighted by Gasteiger charge is 2.36. The Bertz CT molecular complexity index is 1060. The molecule has 0 spiro atoms. The van der Waals surface area contributed by atoms with Gasteiger partial charge in [-0.05, 0) is 30.4 Å².